The number of hydrogen-bond donors (Lipinski definition) is 0. The lowest BCUT2D eigenvalue weighted by Gasteiger charge is -2.09. The Morgan fingerprint density at radius 2 is 1.91 bits per heavy atom. The third kappa shape index (κ3) is 2.17. The van der Waals surface area contributed by atoms with Crippen molar-refractivity contribution in [1.82, 2.24) is 4.98 Å². The number of fused-ring (bicyclic) bond motifs is 3. The van der Waals surface area contributed by atoms with Crippen molar-refractivity contribution in [1.29, 1.82) is 0 Å². The summed E-state index contributed by atoms with van der Waals surface area (Å²) in [6.07, 6.45) is 3.91. The Morgan fingerprint density at radius 3 is 2.82 bits per heavy atom. The van der Waals surface area contributed by atoms with Crippen molar-refractivity contribution < 1.29 is 4.42 Å². The van der Waals surface area contributed by atoms with Crippen molar-refractivity contribution in [3.05, 3.63) is 88.6 Å². The van der Waals surface area contributed by atoms with Gasteiger partial charge < -0.3 is 4.42 Å². The first kappa shape index (κ1) is 12.8. The fraction of sp³-hybridized carbons (Fsp3) is 0.0526. The van der Waals surface area contributed by atoms with Crippen LogP contribution in [0, 0.1) is 0 Å². The predicted octanol–water partition coefficient (Wildman–Crippen LogP) is 3.93. The van der Waals surface area contributed by atoms with Crippen molar-refractivity contribution in [3.8, 4) is 0 Å². The second-order valence-electron chi connectivity index (χ2n) is 5.27. The molecule has 0 aliphatic carbocycles. The molecule has 0 unspecified atom stereocenters. The van der Waals surface area contributed by atoms with E-state index in [2.05, 4.69) is 23.2 Å². The molecule has 0 saturated heterocycles. The molecule has 0 atom stereocenters. The highest BCUT2D eigenvalue weighted by molar-refractivity contribution is 6.07. The van der Waals surface area contributed by atoms with E-state index in [1.165, 1.54) is 23.8 Å². The third-order valence-electron chi connectivity index (χ3n) is 3.82. The van der Waals surface area contributed by atoms with E-state index in [9.17, 15) is 4.79 Å². The van der Waals surface area contributed by atoms with Crippen LogP contribution < -0.4 is 5.43 Å². The lowest BCUT2D eigenvalue weighted by atomic mass is 9.99. The third-order valence-corrected chi connectivity index (χ3v) is 3.82. The quantitative estimate of drug-likeness (QED) is 0.525. The van der Waals surface area contributed by atoms with Gasteiger partial charge in [0, 0.05) is 35.5 Å². The highest BCUT2D eigenvalue weighted by Crippen LogP contribution is 2.27. The normalized spacial score (nSPS) is 11.1. The van der Waals surface area contributed by atoms with Gasteiger partial charge in [0.1, 0.15) is 5.76 Å². The summed E-state index contributed by atoms with van der Waals surface area (Å²) in [5.74, 6) is 0.660. The number of nitrogens with zero attached hydrogens (tertiary/aromatic N) is 1. The molecule has 106 valence electrons. The Morgan fingerprint density at radius 1 is 1.00 bits per heavy atom. The van der Waals surface area contributed by atoms with Gasteiger partial charge in [-0.25, -0.2) is 0 Å². The van der Waals surface area contributed by atoms with Gasteiger partial charge in [0.15, 0.2) is 5.43 Å². The molecule has 0 spiro atoms. The number of aromatic nitrogens is 1. The molecule has 0 aliphatic heterocycles. The molecular weight excluding hydrogens is 274 g/mol. The van der Waals surface area contributed by atoms with Crippen LogP contribution in [0.5, 0.6) is 0 Å². The summed E-state index contributed by atoms with van der Waals surface area (Å²) in [7, 11) is 0. The maximum Gasteiger partial charge on any atom is 0.185 e. The number of benzene rings is 2. The van der Waals surface area contributed by atoms with Gasteiger partial charge in [0.25, 0.3) is 0 Å². The van der Waals surface area contributed by atoms with Crippen molar-refractivity contribution in [2.45, 2.75) is 6.42 Å². The molecule has 2 heterocycles. The highest BCUT2D eigenvalue weighted by atomic mass is 16.3. The minimum absolute atomic E-state index is 0.0375. The van der Waals surface area contributed by atoms with Crippen molar-refractivity contribution in [2.75, 3.05) is 0 Å². The minimum atomic E-state index is -0.0375. The van der Waals surface area contributed by atoms with Gasteiger partial charge in [-0.05, 0) is 17.0 Å². The molecule has 0 bridgehead atoms. The van der Waals surface area contributed by atoms with Crippen LogP contribution in [0.2, 0.25) is 0 Å². The molecule has 0 saturated carbocycles. The van der Waals surface area contributed by atoms with Crippen LogP contribution in [0.4, 0.5) is 0 Å². The average Bonchev–Trinajstić information content (AvgIpc) is 2.55. The van der Waals surface area contributed by atoms with E-state index in [0.29, 0.717) is 12.2 Å². The molecule has 3 heteroatoms. The largest absolute Gasteiger partial charge is 0.469 e. The molecular formula is C19H13NO2. The Bertz CT molecular complexity index is 1030. The van der Waals surface area contributed by atoms with Crippen LogP contribution in [0.25, 0.3) is 21.7 Å². The second-order valence-corrected chi connectivity index (χ2v) is 5.27. The standard InChI is InChI=1S/C19H13NO2/c21-15-8-9-22-16(11-15)10-13-5-3-7-18-19(13)17-6-2-1-4-14(17)12-20-18/h1-9,11-12H,10H2. The molecule has 2 aromatic heterocycles. The second kappa shape index (κ2) is 5.11. The van der Waals surface area contributed by atoms with E-state index in [0.717, 1.165) is 21.9 Å². The Hall–Kier alpha value is -2.94. The van der Waals surface area contributed by atoms with Crippen molar-refractivity contribution in [3.63, 3.8) is 0 Å². The van der Waals surface area contributed by atoms with Crippen LogP contribution in [-0.4, -0.2) is 4.98 Å². The van der Waals surface area contributed by atoms with Gasteiger partial charge in [-0.2, -0.15) is 0 Å². The van der Waals surface area contributed by atoms with Crippen LogP contribution >= 0.6 is 0 Å². The summed E-state index contributed by atoms with van der Waals surface area (Å²) in [6, 6.07) is 17.2. The predicted molar refractivity (Wildman–Crippen MR) is 87.0 cm³/mol. The summed E-state index contributed by atoms with van der Waals surface area (Å²) < 4.78 is 5.45. The lowest BCUT2D eigenvalue weighted by Crippen LogP contribution is -1.99. The van der Waals surface area contributed by atoms with E-state index >= 15 is 0 Å². The van der Waals surface area contributed by atoms with E-state index in [-0.39, 0.29) is 5.43 Å². The molecule has 0 fully saturated rings. The van der Waals surface area contributed by atoms with E-state index < -0.39 is 0 Å². The summed E-state index contributed by atoms with van der Waals surface area (Å²) in [4.78, 5) is 16.0. The summed E-state index contributed by atoms with van der Waals surface area (Å²) >= 11 is 0. The molecule has 0 N–H and O–H groups in total. The first-order valence-electron chi connectivity index (χ1n) is 7.14. The molecule has 0 aliphatic rings. The van der Waals surface area contributed by atoms with Crippen LogP contribution in [0.15, 0.2) is 76.3 Å². The number of hydrogen-bond acceptors (Lipinski definition) is 3. The van der Waals surface area contributed by atoms with Crippen LogP contribution in [0.3, 0.4) is 0 Å². The average molecular weight is 287 g/mol. The van der Waals surface area contributed by atoms with Gasteiger partial charge >= 0.3 is 0 Å². The van der Waals surface area contributed by atoms with Gasteiger partial charge in [-0.3, -0.25) is 9.78 Å². The maximum absolute atomic E-state index is 11.5. The van der Waals surface area contributed by atoms with Gasteiger partial charge in [-0.1, -0.05) is 36.4 Å². The summed E-state index contributed by atoms with van der Waals surface area (Å²) in [5, 5.41) is 3.39. The maximum atomic E-state index is 11.5. The fourth-order valence-electron chi connectivity index (χ4n) is 2.84. The lowest BCUT2D eigenvalue weighted by molar-refractivity contribution is 0.502. The van der Waals surface area contributed by atoms with E-state index in [4.69, 9.17) is 4.42 Å². The molecule has 22 heavy (non-hydrogen) atoms. The van der Waals surface area contributed by atoms with Crippen molar-refractivity contribution >= 4 is 21.7 Å². The molecule has 3 nitrogen and oxygen atoms in total. The zero-order valence-electron chi connectivity index (χ0n) is 11.8. The van der Waals surface area contributed by atoms with Crippen molar-refractivity contribution in [2.24, 2.45) is 0 Å². The molecule has 4 rings (SSSR count). The topological polar surface area (TPSA) is 43.1 Å². The van der Waals surface area contributed by atoms with E-state index in [1.54, 1.807) is 0 Å². The van der Waals surface area contributed by atoms with Crippen LogP contribution in [0.1, 0.15) is 11.3 Å². The van der Waals surface area contributed by atoms with Crippen LogP contribution in [-0.2, 0) is 6.42 Å². The van der Waals surface area contributed by atoms with Gasteiger partial charge in [-0.15, -0.1) is 0 Å². The zero-order valence-corrected chi connectivity index (χ0v) is 11.8. The molecule has 4 aromatic rings. The Kier molecular flexibility index (Phi) is 2.97. The number of pyridine rings is 1. The Balaban J connectivity index is 1.97. The highest BCUT2D eigenvalue weighted by Gasteiger charge is 2.08. The molecule has 0 amide bonds. The Labute approximate surface area is 126 Å². The SMILES string of the molecule is O=c1ccoc(Cc2cccc3ncc4ccccc4c23)c1. The van der Waals surface area contributed by atoms with E-state index in [1.807, 2.05) is 30.5 Å². The smallest absolute Gasteiger partial charge is 0.185 e. The first-order chi connectivity index (χ1) is 10.8. The summed E-state index contributed by atoms with van der Waals surface area (Å²) in [6.45, 7) is 0. The first-order valence-corrected chi connectivity index (χ1v) is 7.14. The zero-order chi connectivity index (χ0) is 14.9. The summed E-state index contributed by atoms with van der Waals surface area (Å²) in [5.41, 5.74) is 2.02. The molecule has 0 radical (unpaired) electrons. The van der Waals surface area contributed by atoms with Gasteiger partial charge in [0.05, 0.1) is 11.8 Å². The number of rotatable bonds is 2. The monoisotopic (exact) mass is 287 g/mol. The fourth-order valence-corrected chi connectivity index (χ4v) is 2.84. The van der Waals surface area contributed by atoms with Gasteiger partial charge in [0.2, 0.25) is 0 Å². The molecule has 2 aromatic carbocycles. The minimum Gasteiger partial charge on any atom is -0.469 e.